The van der Waals surface area contributed by atoms with E-state index in [9.17, 15) is 18.3 Å². The average Bonchev–Trinajstić information content (AvgIpc) is 2.38. The average molecular weight is 274 g/mol. The van der Waals surface area contributed by atoms with Gasteiger partial charge in [-0.1, -0.05) is 19.1 Å². The highest BCUT2D eigenvalue weighted by atomic mass is 19.4. The van der Waals surface area contributed by atoms with Crippen LogP contribution in [0.1, 0.15) is 37.3 Å². The lowest BCUT2D eigenvalue weighted by atomic mass is 9.83. The molecule has 2 nitrogen and oxygen atoms in total. The summed E-state index contributed by atoms with van der Waals surface area (Å²) in [7, 11) is 0. The van der Waals surface area contributed by atoms with Crippen LogP contribution >= 0.6 is 0 Å². The summed E-state index contributed by atoms with van der Waals surface area (Å²) >= 11 is 0. The maximum absolute atomic E-state index is 12.5. The molecule has 1 aliphatic rings. The van der Waals surface area contributed by atoms with Crippen molar-refractivity contribution in [1.82, 2.24) is 0 Å². The van der Waals surface area contributed by atoms with Gasteiger partial charge in [0.1, 0.15) is 0 Å². The van der Waals surface area contributed by atoms with Crippen LogP contribution in [-0.2, 0) is 16.5 Å². The molecule has 0 saturated carbocycles. The van der Waals surface area contributed by atoms with Gasteiger partial charge in [-0.15, -0.1) is 0 Å². The van der Waals surface area contributed by atoms with Crippen LogP contribution in [0.3, 0.4) is 0 Å². The number of alkyl halides is 3. The minimum Gasteiger partial charge on any atom is -0.385 e. The molecular weight excluding hydrogens is 257 g/mol. The minimum atomic E-state index is -4.34. The monoisotopic (exact) mass is 274 g/mol. The van der Waals surface area contributed by atoms with Crippen molar-refractivity contribution < 1.29 is 23.0 Å². The molecule has 1 aliphatic heterocycles. The first-order valence-electron chi connectivity index (χ1n) is 6.37. The van der Waals surface area contributed by atoms with Crippen LogP contribution in [0.5, 0.6) is 0 Å². The Morgan fingerprint density at radius 2 is 1.95 bits per heavy atom. The van der Waals surface area contributed by atoms with Gasteiger partial charge in [-0.3, -0.25) is 0 Å². The quantitative estimate of drug-likeness (QED) is 0.894. The number of rotatable bonds is 2. The molecule has 106 valence electrons. The van der Waals surface area contributed by atoms with Crippen molar-refractivity contribution in [2.24, 2.45) is 0 Å². The number of aliphatic hydroxyl groups is 1. The largest absolute Gasteiger partial charge is 0.416 e. The fraction of sp³-hybridized carbons (Fsp3) is 0.571. The van der Waals surface area contributed by atoms with E-state index in [2.05, 4.69) is 0 Å². The van der Waals surface area contributed by atoms with Gasteiger partial charge in [-0.25, -0.2) is 0 Å². The second-order valence-electron chi connectivity index (χ2n) is 4.96. The van der Waals surface area contributed by atoms with E-state index < -0.39 is 17.3 Å². The summed E-state index contributed by atoms with van der Waals surface area (Å²) in [6.45, 7) is 2.39. The molecule has 0 bridgehead atoms. The molecule has 0 amide bonds. The molecule has 19 heavy (non-hydrogen) atoms. The molecule has 1 saturated heterocycles. The molecule has 2 unspecified atom stereocenters. The van der Waals surface area contributed by atoms with Gasteiger partial charge in [0.25, 0.3) is 0 Å². The van der Waals surface area contributed by atoms with Gasteiger partial charge in [0.2, 0.25) is 0 Å². The SMILES string of the molecule is CCC1CC(O)(c2ccc(C(F)(F)F)cc2)CCO1. The van der Waals surface area contributed by atoms with E-state index in [1.165, 1.54) is 12.1 Å². The predicted molar refractivity (Wildman–Crippen MR) is 64.6 cm³/mol. The third-order valence-corrected chi connectivity index (χ3v) is 3.64. The Balaban J connectivity index is 2.21. The van der Waals surface area contributed by atoms with E-state index in [0.29, 0.717) is 25.0 Å². The van der Waals surface area contributed by atoms with Gasteiger partial charge in [0.05, 0.1) is 23.9 Å². The highest BCUT2D eigenvalue weighted by Crippen LogP contribution is 2.37. The van der Waals surface area contributed by atoms with Crippen LogP contribution in [0.2, 0.25) is 0 Å². The Kier molecular flexibility index (Phi) is 3.87. The van der Waals surface area contributed by atoms with Crippen LogP contribution in [0.25, 0.3) is 0 Å². The van der Waals surface area contributed by atoms with Crippen molar-refractivity contribution in [2.75, 3.05) is 6.61 Å². The zero-order chi connectivity index (χ0) is 14.1. The molecule has 0 radical (unpaired) electrons. The first-order valence-corrected chi connectivity index (χ1v) is 6.37. The molecule has 0 spiro atoms. The van der Waals surface area contributed by atoms with Crippen molar-refractivity contribution in [3.8, 4) is 0 Å². The number of ether oxygens (including phenoxy) is 1. The lowest BCUT2D eigenvalue weighted by molar-refractivity contribution is -0.137. The van der Waals surface area contributed by atoms with E-state index in [-0.39, 0.29) is 6.10 Å². The van der Waals surface area contributed by atoms with E-state index >= 15 is 0 Å². The first-order chi connectivity index (χ1) is 8.85. The van der Waals surface area contributed by atoms with Crippen LogP contribution in [0, 0.1) is 0 Å². The molecule has 1 aromatic rings. The van der Waals surface area contributed by atoms with Crippen LogP contribution in [0.15, 0.2) is 24.3 Å². The van der Waals surface area contributed by atoms with Gasteiger partial charge >= 0.3 is 6.18 Å². The minimum absolute atomic E-state index is 0.0407. The van der Waals surface area contributed by atoms with E-state index in [0.717, 1.165) is 18.6 Å². The molecule has 2 atom stereocenters. The van der Waals surface area contributed by atoms with Gasteiger partial charge < -0.3 is 9.84 Å². The number of benzene rings is 1. The number of hydrogen-bond acceptors (Lipinski definition) is 2. The first kappa shape index (κ1) is 14.3. The maximum Gasteiger partial charge on any atom is 0.416 e. The Hall–Kier alpha value is -1.07. The zero-order valence-corrected chi connectivity index (χ0v) is 10.7. The smallest absolute Gasteiger partial charge is 0.385 e. The molecule has 1 heterocycles. The van der Waals surface area contributed by atoms with Crippen molar-refractivity contribution in [2.45, 2.75) is 44.1 Å². The van der Waals surface area contributed by atoms with Crippen LogP contribution < -0.4 is 0 Å². The summed E-state index contributed by atoms with van der Waals surface area (Å²) in [5.41, 5.74) is -1.25. The second kappa shape index (κ2) is 5.13. The summed E-state index contributed by atoms with van der Waals surface area (Å²) in [4.78, 5) is 0. The highest BCUT2D eigenvalue weighted by Gasteiger charge is 2.37. The van der Waals surface area contributed by atoms with Crippen molar-refractivity contribution in [1.29, 1.82) is 0 Å². The fourth-order valence-electron chi connectivity index (χ4n) is 2.43. The van der Waals surface area contributed by atoms with Crippen LogP contribution in [-0.4, -0.2) is 17.8 Å². The molecule has 0 aliphatic carbocycles. The van der Waals surface area contributed by atoms with Crippen molar-refractivity contribution in [3.63, 3.8) is 0 Å². The van der Waals surface area contributed by atoms with Crippen LogP contribution in [0.4, 0.5) is 13.2 Å². The molecule has 2 rings (SSSR count). The maximum atomic E-state index is 12.5. The van der Waals surface area contributed by atoms with Gasteiger partial charge in [0.15, 0.2) is 0 Å². The molecular formula is C14H17F3O2. The Labute approximate surface area is 110 Å². The topological polar surface area (TPSA) is 29.5 Å². The second-order valence-corrected chi connectivity index (χ2v) is 4.96. The zero-order valence-electron chi connectivity index (χ0n) is 10.7. The number of halogens is 3. The predicted octanol–water partition coefficient (Wildman–Crippen LogP) is 3.48. The highest BCUT2D eigenvalue weighted by molar-refractivity contribution is 5.29. The number of hydrogen-bond donors (Lipinski definition) is 1. The van der Waals surface area contributed by atoms with E-state index in [1.54, 1.807) is 0 Å². The van der Waals surface area contributed by atoms with Gasteiger partial charge in [0, 0.05) is 12.8 Å². The van der Waals surface area contributed by atoms with Crippen molar-refractivity contribution >= 4 is 0 Å². The Morgan fingerprint density at radius 1 is 1.32 bits per heavy atom. The lowest BCUT2D eigenvalue weighted by Crippen LogP contribution is -2.38. The molecule has 5 heteroatoms. The third kappa shape index (κ3) is 3.09. The molecule has 1 aromatic carbocycles. The summed E-state index contributed by atoms with van der Waals surface area (Å²) in [5.74, 6) is 0. The summed E-state index contributed by atoms with van der Waals surface area (Å²) < 4.78 is 43.0. The van der Waals surface area contributed by atoms with Gasteiger partial charge in [-0.2, -0.15) is 13.2 Å². The Bertz CT molecular complexity index is 427. The summed E-state index contributed by atoms with van der Waals surface area (Å²) in [5, 5.41) is 10.6. The molecule has 1 fully saturated rings. The standard InChI is InChI=1S/C14H17F3O2/c1-2-12-9-13(18,7-8-19-12)10-3-5-11(6-4-10)14(15,16)17/h3-6,12,18H,2,7-9H2,1H3. The summed E-state index contributed by atoms with van der Waals surface area (Å²) in [6, 6.07) is 4.76. The lowest BCUT2D eigenvalue weighted by Gasteiger charge is -2.37. The molecule has 1 N–H and O–H groups in total. The summed E-state index contributed by atoms with van der Waals surface area (Å²) in [6.07, 6.45) is -2.77. The van der Waals surface area contributed by atoms with Crippen molar-refractivity contribution in [3.05, 3.63) is 35.4 Å². The van der Waals surface area contributed by atoms with E-state index in [4.69, 9.17) is 4.74 Å². The Morgan fingerprint density at radius 3 is 2.47 bits per heavy atom. The van der Waals surface area contributed by atoms with E-state index in [1.807, 2.05) is 6.92 Å². The fourth-order valence-corrected chi connectivity index (χ4v) is 2.43. The van der Waals surface area contributed by atoms with Gasteiger partial charge in [-0.05, 0) is 24.1 Å². The third-order valence-electron chi connectivity index (χ3n) is 3.64. The normalized spacial score (nSPS) is 28.4. The molecule has 0 aromatic heterocycles.